The molecule has 1 aliphatic rings. The molecule has 1 heterocycles. The van der Waals surface area contributed by atoms with Crippen LogP contribution in [-0.2, 0) is 38.4 Å². The van der Waals surface area contributed by atoms with E-state index in [0.29, 0.717) is 32.0 Å². The summed E-state index contributed by atoms with van der Waals surface area (Å²) in [7, 11) is 0. The second kappa shape index (κ2) is 25.1. The number of carboxylic acid groups (broad SMARTS) is 2. The lowest BCUT2D eigenvalue weighted by Gasteiger charge is -2.33. The summed E-state index contributed by atoms with van der Waals surface area (Å²) < 4.78 is 0. The van der Waals surface area contributed by atoms with Gasteiger partial charge in [0, 0.05) is 69.7 Å². The number of nitrogens with zero attached hydrogens (tertiary/aromatic N) is 5. The first-order chi connectivity index (χ1) is 23.8. The molecule has 1 fully saturated rings. The van der Waals surface area contributed by atoms with E-state index >= 15 is 0 Å². The molecule has 0 spiro atoms. The van der Waals surface area contributed by atoms with E-state index in [1.54, 1.807) is 19.6 Å². The van der Waals surface area contributed by atoms with Crippen LogP contribution in [0.5, 0.6) is 0 Å². The quantitative estimate of drug-likeness (QED) is 0.0353. The molecule has 1 aliphatic heterocycles. The molecule has 1 rings (SSSR count). The third-order valence-corrected chi connectivity index (χ3v) is 8.95. The smallest absolute Gasteiger partial charge is 0.317 e. The standard InChI is InChI=1S/C29H49N9O11S/c30-5-2-1-3-22(29(48)33-23(28(31)47)20-50-21(19-40)4-14-39)32-24(41)15-35-6-10-37(17-26(43)44)12-8-36(16-25(42)34-49)9-13-38(11-7-35)18-27(45)46/h14,19,21-23H,1-13,15-18,20,30H2,(H2,31,47)(H,32,41)(H,33,48)(H,43,44)(H,45,46). The summed E-state index contributed by atoms with van der Waals surface area (Å²) in [6.45, 7) is 0.558. The van der Waals surface area contributed by atoms with Crippen molar-refractivity contribution in [2.45, 2.75) is 43.0 Å². The van der Waals surface area contributed by atoms with Crippen molar-refractivity contribution in [3.8, 4) is 0 Å². The minimum atomic E-state index is -1.20. The highest BCUT2D eigenvalue weighted by molar-refractivity contribution is 8.00. The van der Waals surface area contributed by atoms with Crippen LogP contribution >= 0.6 is 11.8 Å². The fourth-order valence-corrected chi connectivity index (χ4v) is 5.94. The number of rotatable bonds is 22. The number of primary amides is 1. The molecule has 3 unspecified atom stereocenters. The number of carboxylic acids is 2. The van der Waals surface area contributed by atoms with Crippen LogP contribution in [0, 0.1) is 4.91 Å². The molecule has 1 saturated heterocycles. The van der Waals surface area contributed by atoms with Gasteiger partial charge in [-0.3, -0.25) is 48.4 Å². The van der Waals surface area contributed by atoms with E-state index in [9.17, 15) is 53.5 Å². The number of hydrogen-bond donors (Lipinski definition) is 6. The molecule has 0 saturated carbocycles. The molecule has 21 heteroatoms. The van der Waals surface area contributed by atoms with Crippen LogP contribution in [0.15, 0.2) is 5.18 Å². The zero-order chi connectivity index (χ0) is 37.5. The summed E-state index contributed by atoms with van der Waals surface area (Å²) in [5.41, 5.74) is 11.1. The Hall–Kier alpha value is -3.89. The molecule has 8 N–H and O–H groups in total. The van der Waals surface area contributed by atoms with Crippen molar-refractivity contribution in [2.75, 3.05) is 90.8 Å². The first-order valence-corrected chi connectivity index (χ1v) is 17.1. The zero-order valence-corrected chi connectivity index (χ0v) is 28.8. The number of aliphatic carboxylic acids is 2. The first-order valence-electron chi connectivity index (χ1n) is 16.1. The van der Waals surface area contributed by atoms with Crippen molar-refractivity contribution in [1.82, 2.24) is 30.2 Å². The largest absolute Gasteiger partial charge is 0.480 e. The Balaban J connectivity index is 3.13. The maximum atomic E-state index is 13.4. The Morgan fingerprint density at radius 1 is 0.760 bits per heavy atom. The van der Waals surface area contributed by atoms with Gasteiger partial charge in [0.05, 0.1) is 31.4 Å². The summed E-state index contributed by atoms with van der Waals surface area (Å²) in [4.78, 5) is 113. The first kappa shape index (κ1) is 44.1. The van der Waals surface area contributed by atoms with Gasteiger partial charge in [0.2, 0.25) is 17.7 Å². The van der Waals surface area contributed by atoms with Crippen molar-refractivity contribution in [1.29, 1.82) is 0 Å². The van der Waals surface area contributed by atoms with Gasteiger partial charge in [0.1, 0.15) is 24.7 Å². The lowest BCUT2D eigenvalue weighted by Crippen LogP contribution is -2.55. The minimum Gasteiger partial charge on any atom is -0.480 e. The number of hydrogen-bond acceptors (Lipinski definition) is 15. The van der Waals surface area contributed by atoms with Gasteiger partial charge in [-0.15, -0.1) is 16.7 Å². The van der Waals surface area contributed by atoms with Crippen molar-refractivity contribution in [2.24, 2.45) is 16.6 Å². The summed E-state index contributed by atoms with van der Waals surface area (Å²) >= 11 is 0.974. The fraction of sp³-hybridized carbons (Fsp3) is 0.724. The Labute approximate surface area is 293 Å². The van der Waals surface area contributed by atoms with E-state index in [-0.39, 0.29) is 97.1 Å². The Kier molecular flexibility index (Phi) is 22.2. The molecule has 0 aromatic heterocycles. The summed E-state index contributed by atoms with van der Waals surface area (Å²) in [5, 5.41) is 25.8. The second-order valence-electron chi connectivity index (χ2n) is 11.7. The average molecular weight is 732 g/mol. The summed E-state index contributed by atoms with van der Waals surface area (Å²) in [5.74, 6) is -5.34. The summed E-state index contributed by atoms with van der Waals surface area (Å²) in [6.07, 6.45) is 2.21. The predicted molar refractivity (Wildman–Crippen MR) is 181 cm³/mol. The number of thioether (sulfide) groups is 1. The van der Waals surface area contributed by atoms with Crippen LogP contribution < -0.4 is 22.1 Å². The number of carbonyl (C=O) groups is 8. The van der Waals surface area contributed by atoms with Gasteiger partial charge in [0.25, 0.3) is 5.91 Å². The third kappa shape index (κ3) is 19.3. The van der Waals surface area contributed by atoms with Crippen molar-refractivity contribution < 1.29 is 48.6 Å². The average Bonchev–Trinajstić information content (AvgIpc) is 3.05. The highest BCUT2D eigenvalue weighted by atomic mass is 32.2. The van der Waals surface area contributed by atoms with Gasteiger partial charge >= 0.3 is 11.9 Å². The molecular weight excluding hydrogens is 682 g/mol. The number of unbranched alkanes of at least 4 members (excludes halogenated alkanes) is 1. The lowest BCUT2D eigenvalue weighted by atomic mass is 10.1. The van der Waals surface area contributed by atoms with Gasteiger partial charge < -0.3 is 41.9 Å². The normalized spacial score (nSPS) is 17.5. The molecule has 0 aromatic rings. The van der Waals surface area contributed by atoms with E-state index in [2.05, 4.69) is 15.8 Å². The van der Waals surface area contributed by atoms with Gasteiger partial charge in [0.15, 0.2) is 0 Å². The maximum absolute atomic E-state index is 13.4. The number of nitrogens with one attached hydrogen (secondary N) is 2. The highest BCUT2D eigenvalue weighted by Crippen LogP contribution is 2.13. The molecule has 282 valence electrons. The minimum absolute atomic E-state index is 0.0808. The SMILES string of the molecule is NCCCCC(NC(=O)CN1CCN(CC(=O)O)CCN(CC(=O)N=O)CCN(CC(=O)O)CC1)C(=O)NC(CSC(C=O)CC=O)C(N)=O. The van der Waals surface area contributed by atoms with Crippen LogP contribution in [0.1, 0.15) is 25.7 Å². The van der Waals surface area contributed by atoms with Crippen LogP contribution in [0.25, 0.3) is 0 Å². The Bertz CT molecular complexity index is 1130. The molecular formula is C29H49N9O11S. The third-order valence-electron chi connectivity index (χ3n) is 7.69. The fourth-order valence-electron chi connectivity index (χ4n) is 4.96. The van der Waals surface area contributed by atoms with E-state index in [4.69, 9.17) is 11.5 Å². The number of carbonyl (C=O) groups excluding carboxylic acids is 6. The van der Waals surface area contributed by atoms with Crippen molar-refractivity contribution >= 4 is 59.9 Å². The zero-order valence-electron chi connectivity index (χ0n) is 28.0. The predicted octanol–water partition coefficient (Wildman–Crippen LogP) is -3.86. The second-order valence-corrected chi connectivity index (χ2v) is 12.9. The lowest BCUT2D eigenvalue weighted by molar-refractivity contribution is -0.139. The van der Waals surface area contributed by atoms with E-state index in [1.165, 1.54) is 0 Å². The molecule has 20 nitrogen and oxygen atoms in total. The number of aldehydes is 2. The van der Waals surface area contributed by atoms with E-state index < -0.39 is 52.9 Å². The van der Waals surface area contributed by atoms with Crippen molar-refractivity contribution in [3.05, 3.63) is 4.91 Å². The molecule has 4 amide bonds. The highest BCUT2D eigenvalue weighted by Gasteiger charge is 2.28. The summed E-state index contributed by atoms with van der Waals surface area (Å²) in [6, 6.07) is -2.29. The molecule has 0 aliphatic carbocycles. The molecule has 3 atom stereocenters. The number of amides is 4. The molecule has 0 aromatic carbocycles. The number of nitrogens with two attached hydrogens (primary N) is 2. The van der Waals surface area contributed by atoms with Gasteiger partial charge in [-0.25, -0.2) is 0 Å². The van der Waals surface area contributed by atoms with Crippen LogP contribution in [0.3, 0.4) is 0 Å². The molecule has 50 heavy (non-hydrogen) atoms. The number of nitroso groups, excluding NO2 is 1. The van der Waals surface area contributed by atoms with Crippen LogP contribution in [0.4, 0.5) is 0 Å². The van der Waals surface area contributed by atoms with E-state index in [0.717, 1.165) is 11.8 Å². The monoisotopic (exact) mass is 731 g/mol. The van der Waals surface area contributed by atoms with Gasteiger partial charge in [-0.1, -0.05) is 0 Å². The van der Waals surface area contributed by atoms with Crippen molar-refractivity contribution in [3.63, 3.8) is 0 Å². The Morgan fingerprint density at radius 3 is 1.68 bits per heavy atom. The molecule has 0 radical (unpaired) electrons. The maximum Gasteiger partial charge on any atom is 0.317 e. The van der Waals surface area contributed by atoms with Crippen LogP contribution in [-0.4, -0.2) is 186 Å². The van der Waals surface area contributed by atoms with E-state index in [1.807, 2.05) is 0 Å². The van der Waals surface area contributed by atoms with Crippen LogP contribution in [0.2, 0.25) is 0 Å². The van der Waals surface area contributed by atoms with Gasteiger partial charge in [-0.05, 0) is 25.8 Å². The van der Waals surface area contributed by atoms with Gasteiger partial charge in [-0.2, -0.15) is 0 Å². The molecule has 0 bridgehead atoms. The Morgan fingerprint density at radius 2 is 1.26 bits per heavy atom. The topological polar surface area (TPSA) is 296 Å².